The molecule has 3 N–H and O–H groups in total. The Labute approximate surface area is 239 Å². The number of nitrogens with two attached hydrogens (primary N) is 1. The van der Waals surface area contributed by atoms with Gasteiger partial charge < -0.3 is 10.6 Å². The number of carbonyl (C=O) groups is 3. The van der Waals surface area contributed by atoms with Crippen LogP contribution < -0.4 is 11.1 Å². The summed E-state index contributed by atoms with van der Waals surface area (Å²) >= 11 is 6.23. The van der Waals surface area contributed by atoms with E-state index in [1.54, 1.807) is 24.3 Å². The number of fused-ring (bicyclic) bond motifs is 2. The Kier molecular flexibility index (Phi) is 7.74. The third-order valence-electron chi connectivity index (χ3n) is 7.85. The standard InChI is InChI=1S/C27H28ClN3O3.C6H4/c1-17-13-14-31(26(34)27(30-17,18(2)32)21-10-6-11-22(28)16-21)24(25(29)33)15-20-9-5-8-19-7-3-4-12-23(19)20;1-2-6-4-3-5(1)6/h3-12,16-17,24,30H,13-15H2,1-2H3,(H2,29,33);1-4H/t17-,24?,27-;/m1./s1. The van der Waals surface area contributed by atoms with E-state index in [-0.39, 0.29) is 18.2 Å². The summed E-state index contributed by atoms with van der Waals surface area (Å²) in [5.41, 5.74) is 8.43. The minimum atomic E-state index is -1.66. The zero-order chi connectivity index (χ0) is 28.4. The first-order chi connectivity index (χ1) is 19.2. The van der Waals surface area contributed by atoms with Gasteiger partial charge in [-0.15, -0.1) is 0 Å². The molecule has 6 nitrogen and oxygen atoms in total. The number of nitrogens with zero attached hydrogens (tertiary/aromatic N) is 1. The fourth-order valence-electron chi connectivity index (χ4n) is 5.54. The van der Waals surface area contributed by atoms with Crippen LogP contribution in [0.3, 0.4) is 0 Å². The van der Waals surface area contributed by atoms with Crippen LogP contribution in [-0.4, -0.2) is 41.1 Å². The summed E-state index contributed by atoms with van der Waals surface area (Å²) in [6.45, 7) is 3.59. The van der Waals surface area contributed by atoms with E-state index in [4.69, 9.17) is 17.3 Å². The van der Waals surface area contributed by atoms with Crippen LogP contribution in [0, 0.1) is 0 Å². The summed E-state index contributed by atoms with van der Waals surface area (Å²) in [6.07, 6.45) is 0.807. The van der Waals surface area contributed by atoms with Gasteiger partial charge in [0, 0.05) is 24.0 Å². The van der Waals surface area contributed by atoms with Gasteiger partial charge in [0.1, 0.15) is 6.04 Å². The van der Waals surface area contributed by atoms with Crippen LogP contribution >= 0.6 is 11.6 Å². The van der Waals surface area contributed by atoms with Gasteiger partial charge in [0.05, 0.1) is 0 Å². The molecule has 1 heterocycles. The first kappa shape index (κ1) is 27.6. The van der Waals surface area contributed by atoms with Crippen LogP contribution in [0.1, 0.15) is 31.4 Å². The molecule has 1 unspecified atom stereocenters. The van der Waals surface area contributed by atoms with E-state index >= 15 is 0 Å². The van der Waals surface area contributed by atoms with Gasteiger partial charge >= 0.3 is 0 Å². The fourth-order valence-corrected chi connectivity index (χ4v) is 5.73. The normalized spacial score (nSPS) is 20.2. The molecule has 1 fully saturated rings. The van der Waals surface area contributed by atoms with Crippen LogP contribution in [-0.2, 0) is 26.3 Å². The maximum atomic E-state index is 14.2. The quantitative estimate of drug-likeness (QED) is 0.281. The SMILES string of the molecule is CC(=O)[C@]1(c2cccc(Cl)c2)N[C@H](C)CCN(C(Cc2cccc3ccccc23)C(N)=O)C1=O.c1cc2ccc1-2. The van der Waals surface area contributed by atoms with Gasteiger partial charge in [-0.3, -0.25) is 19.7 Å². The Morgan fingerprint density at radius 3 is 2.25 bits per heavy atom. The highest BCUT2D eigenvalue weighted by molar-refractivity contribution is 6.30. The Hall–Kier alpha value is -4.00. The van der Waals surface area contributed by atoms with Crippen molar-refractivity contribution < 1.29 is 14.4 Å². The van der Waals surface area contributed by atoms with Crippen LogP contribution in [0.25, 0.3) is 21.9 Å². The molecule has 0 bridgehead atoms. The van der Waals surface area contributed by atoms with Crippen molar-refractivity contribution in [3.8, 4) is 11.1 Å². The van der Waals surface area contributed by atoms with E-state index < -0.39 is 23.4 Å². The monoisotopic (exact) mass is 553 g/mol. The zero-order valence-corrected chi connectivity index (χ0v) is 23.3. The molecule has 0 aromatic heterocycles. The topological polar surface area (TPSA) is 92.5 Å². The van der Waals surface area contributed by atoms with E-state index in [0.717, 1.165) is 16.3 Å². The number of hydrogen-bond donors (Lipinski definition) is 2. The number of carbonyl (C=O) groups excluding carboxylic acids is 3. The van der Waals surface area contributed by atoms with E-state index in [0.29, 0.717) is 23.6 Å². The fraction of sp³-hybridized carbons (Fsp3) is 0.242. The number of primary amides is 1. The van der Waals surface area contributed by atoms with Gasteiger partial charge in [-0.1, -0.05) is 90.5 Å². The number of benzene rings is 4. The Balaban J connectivity index is 0.000000467. The minimum Gasteiger partial charge on any atom is -0.368 e. The lowest BCUT2D eigenvalue weighted by Gasteiger charge is -2.37. The molecule has 2 aliphatic carbocycles. The van der Waals surface area contributed by atoms with Crippen LogP contribution in [0.15, 0.2) is 91.0 Å². The third-order valence-corrected chi connectivity index (χ3v) is 8.08. The van der Waals surface area contributed by atoms with Crippen molar-refractivity contribution in [3.05, 3.63) is 107 Å². The molecule has 0 radical (unpaired) electrons. The number of ketones is 1. The van der Waals surface area contributed by atoms with Crippen molar-refractivity contribution in [1.29, 1.82) is 0 Å². The second-order valence-corrected chi connectivity index (χ2v) is 10.9. The molecule has 6 rings (SSSR count). The molecule has 0 saturated carbocycles. The smallest absolute Gasteiger partial charge is 0.255 e. The third kappa shape index (κ3) is 5.12. The summed E-state index contributed by atoms with van der Waals surface area (Å²) in [6, 6.07) is 27.9. The number of hydrogen-bond acceptors (Lipinski definition) is 4. The maximum absolute atomic E-state index is 14.2. The molecule has 3 aromatic rings. The molecule has 2 amide bonds. The predicted octanol–water partition coefficient (Wildman–Crippen LogP) is 5.25. The number of halogens is 1. The lowest BCUT2D eigenvalue weighted by atomic mass is 9.83. The highest BCUT2D eigenvalue weighted by Crippen LogP contribution is 2.33. The zero-order valence-electron chi connectivity index (χ0n) is 22.6. The van der Waals surface area contributed by atoms with E-state index in [2.05, 4.69) is 29.6 Å². The average molecular weight is 554 g/mol. The van der Waals surface area contributed by atoms with Gasteiger partial charge in [0.2, 0.25) is 5.91 Å². The van der Waals surface area contributed by atoms with Gasteiger partial charge in [-0.05, 0) is 65.4 Å². The Morgan fingerprint density at radius 2 is 1.65 bits per heavy atom. The molecule has 3 aromatic carbocycles. The summed E-state index contributed by atoms with van der Waals surface area (Å²) in [4.78, 5) is 41.5. The second kappa shape index (κ2) is 11.2. The highest BCUT2D eigenvalue weighted by atomic mass is 35.5. The lowest BCUT2D eigenvalue weighted by molar-refractivity contribution is -0.148. The van der Waals surface area contributed by atoms with Gasteiger partial charge in [-0.2, -0.15) is 0 Å². The minimum absolute atomic E-state index is 0.164. The van der Waals surface area contributed by atoms with Crippen molar-refractivity contribution in [2.24, 2.45) is 5.73 Å². The van der Waals surface area contributed by atoms with Gasteiger partial charge in [-0.25, -0.2) is 0 Å². The second-order valence-electron chi connectivity index (χ2n) is 10.5. The lowest BCUT2D eigenvalue weighted by Crippen LogP contribution is -2.62. The molecule has 0 spiro atoms. The molecule has 3 aliphatic rings. The van der Waals surface area contributed by atoms with Crippen molar-refractivity contribution in [2.45, 2.75) is 44.3 Å². The first-order valence-electron chi connectivity index (χ1n) is 13.4. The number of rotatable bonds is 6. The van der Waals surface area contributed by atoms with Crippen molar-refractivity contribution >= 4 is 40.0 Å². The summed E-state index contributed by atoms with van der Waals surface area (Å²) in [5, 5.41) is 5.70. The number of Topliss-reactive ketones (excluding diaryl/α,β-unsaturated/α-hetero) is 1. The maximum Gasteiger partial charge on any atom is 0.255 e. The largest absolute Gasteiger partial charge is 0.368 e. The molecule has 204 valence electrons. The number of nitrogens with one attached hydrogen (secondary N) is 1. The van der Waals surface area contributed by atoms with E-state index in [9.17, 15) is 14.4 Å². The van der Waals surface area contributed by atoms with E-state index in [1.165, 1.54) is 23.0 Å². The van der Waals surface area contributed by atoms with Crippen molar-refractivity contribution in [2.75, 3.05) is 6.54 Å². The first-order valence-corrected chi connectivity index (χ1v) is 13.8. The average Bonchev–Trinajstić information content (AvgIpc) is 3.06. The summed E-state index contributed by atoms with van der Waals surface area (Å²) in [7, 11) is 0. The van der Waals surface area contributed by atoms with Crippen LogP contribution in [0.4, 0.5) is 0 Å². The number of amides is 2. The predicted molar refractivity (Wildman–Crippen MR) is 159 cm³/mol. The van der Waals surface area contributed by atoms with Crippen molar-refractivity contribution in [1.82, 2.24) is 10.2 Å². The molecular formula is C33H32ClN3O3. The van der Waals surface area contributed by atoms with Crippen LogP contribution in [0.2, 0.25) is 5.02 Å². The Morgan fingerprint density at radius 1 is 1.00 bits per heavy atom. The van der Waals surface area contributed by atoms with E-state index in [1.807, 2.05) is 49.4 Å². The summed E-state index contributed by atoms with van der Waals surface area (Å²) in [5.74, 6) is -1.47. The Bertz CT molecular complexity index is 1560. The molecule has 1 saturated heterocycles. The highest BCUT2D eigenvalue weighted by Gasteiger charge is 2.51. The molecule has 1 aliphatic heterocycles. The molecule has 3 atom stereocenters. The van der Waals surface area contributed by atoms with Gasteiger partial charge in [0.15, 0.2) is 11.3 Å². The van der Waals surface area contributed by atoms with Crippen LogP contribution in [0.5, 0.6) is 0 Å². The van der Waals surface area contributed by atoms with Gasteiger partial charge in [0.25, 0.3) is 5.91 Å². The summed E-state index contributed by atoms with van der Waals surface area (Å²) < 4.78 is 0. The van der Waals surface area contributed by atoms with Crippen molar-refractivity contribution in [3.63, 3.8) is 0 Å². The molecular weight excluding hydrogens is 522 g/mol. The molecule has 7 heteroatoms. The molecule has 40 heavy (non-hydrogen) atoms.